The number of hydrogen-bond acceptors (Lipinski definition) is 6. The Morgan fingerprint density at radius 2 is 1.65 bits per heavy atom. The Kier molecular flexibility index (Phi) is 8.03. The van der Waals surface area contributed by atoms with E-state index in [-0.39, 0.29) is 13.2 Å². The Hall–Kier alpha value is -1.20. The summed E-state index contributed by atoms with van der Waals surface area (Å²) >= 11 is 0. The average Bonchev–Trinajstić information content (AvgIpc) is 2.50. The van der Waals surface area contributed by atoms with Crippen molar-refractivity contribution in [2.24, 2.45) is 0 Å². The topological polar surface area (TPSA) is 82.1 Å². The van der Waals surface area contributed by atoms with Crippen molar-refractivity contribution in [3.05, 3.63) is 35.9 Å². The second kappa shape index (κ2) is 9.14. The van der Waals surface area contributed by atoms with E-state index in [0.717, 1.165) is 5.56 Å². The molecule has 0 radical (unpaired) electrons. The fourth-order valence-electron chi connectivity index (χ4n) is 1.88. The molecule has 1 rings (SSSR count). The van der Waals surface area contributed by atoms with Crippen LogP contribution < -0.4 is 0 Å². The van der Waals surface area contributed by atoms with Crippen molar-refractivity contribution in [1.29, 1.82) is 0 Å². The lowest BCUT2D eigenvalue weighted by atomic mass is 10.1. The van der Waals surface area contributed by atoms with Crippen LogP contribution in [0.1, 0.15) is 26.3 Å². The van der Waals surface area contributed by atoms with Gasteiger partial charge in [0, 0.05) is 0 Å². The summed E-state index contributed by atoms with van der Waals surface area (Å²) in [5.41, 5.74) is -5.56. The molecule has 0 saturated carbocycles. The van der Waals surface area contributed by atoms with Crippen LogP contribution in [-0.2, 0) is 30.4 Å². The predicted molar refractivity (Wildman–Crippen MR) is 87.7 cm³/mol. The fraction of sp³-hybridized carbons (Fsp3) is 0.625. The molecule has 0 heterocycles. The van der Waals surface area contributed by atoms with E-state index in [1.54, 1.807) is 45.0 Å². The highest BCUT2D eigenvalue weighted by molar-refractivity contribution is 7.87. The third-order valence-corrected chi connectivity index (χ3v) is 4.02. The Morgan fingerprint density at radius 3 is 2.15 bits per heavy atom. The first-order valence-electron chi connectivity index (χ1n) is 7.75. The lowest BCUT2D eigenvalue weighted by Crippen LogP contribution is -2.43. The molecule has 1 aromatic rings. The number of benzene rings is 1. The van der Waals surface area contributed by atoms with Gasteiger partial charge in [0.2, 0.25) is 0 Å². The Labute approximate surface area is 151 Å². The van der Waals surface area contributed by atoms with Gasteiger partial charge in [-0.05, 0) is 26.3 Å². The summed E-state index contributed by atoms with van der Waals surface area (Å²) in [6, 6.07) is 9.03. The molecule has 0 saturated heterocycles. The monoisotopic (exact) mass is 400 g/mol. The van der Waals surface area contributed by atoms with E-state index >= 15 is 0 Å². The van der Waals surface area contributed by atoms with Gasteiger partial charge in [0.05, 0.1) is 25.4 Å². The fourth-order valence-corrected chi connectivity index (χ4v) is 2.33. The molecule has 0 amide bonds. The molecular formula is C16H23F3O6S. The lowest BCUT2D eigenvalue weighted by molar-refractivity contribution is -0.142. The van der Waals surface area contributed by atoms with E-state index in [1.165, 1.54) is 0 Å². The van der Waals surface area contributed by atoms with Crippen LogP contribution in [0, 0.1) is 0 Å². The smallest absolute Gasteiger partial charge is 0.388 e. The Balaban J connectivity index is 2.66. The van der Waals surface area contributed by atoms with Crippen molar-refractivity contribution in [2.45, 2.75) is 50.7 Å². The number of rotatable bonds is 9. The summed E-state index contributed by atoms with van der Waals surface area (Å²) in [4.78, 5) is 0. The molecule has 0 aliphatic rings. The Morgan fingerprint density at radius 1 is 1.08 bits per heavy atom. The maximum absolute atomic E-state index is 12.4. The molecular weight excluding hydrogens is 377 g/mol. The maximum Gasteiger partial charge on any atom is 0.523 e. The summed E-state index contributed by atoms with van der Waals surface area (Å²) in [6.07, 6.45) is -2.72. The van der Waals surface area contributed by atoms with Gasteiger partial charge in [-0.25, -0.2) is 0 Å². The third kappa shape index (κ3) is 8.00. The zero-order valence-electron chi connectivity index (χ0n) is 14.7. The average molecular weight is 400 g/mol. The van der Waals surface area contributed by atoms with Crippen molar-refractivity contribution in [1.82, 2.24) is 0 Å². The summed E-state index contributed by atoms with van der Waals surface area (Å²) in [5.74, 6) is 0. The molecule has 0 aliphatic heterocycles. The number of aliphatic hydroxyl groups is 1. The molecule has 6 nitrogen and oxygen atoms in total. The minimum atomic E-state index is -5.78. The Bertz CT molecular complexity index is 640. The minimum absolute atomic E-state index is 0.168. The normalized spacial score (nSPS) is 15.7. The zero-order valence-corrected chi connectivity index (χ0v) is 15.5. The van der Waals surface area contributed by atoms with E-state index in [9.17, 15) is 26.7 Å². The van der Waals surface area contributed by atoms with Gasteiger partial charge in [0.1, 0.15) is 12.2 Å². The quantitative estimate of drug-likeness (QED) is 0.507. The first-order valence-corrected chi connectivity index (χ1v) is 9.16. The van der Waals surface area contributed by atoms with Gasteiger partial charge in [0.15, 0.2) is 0 Å². The molecule has 0 aliphatic carbocycles. The van der Waals surface area contributed by atoms with Gasteiger partial charge in [-0.2, -0.15) is 21.6 Å². The van der Waals surface area contributed by atoms with E-state index < -0.39 is 40.0 Å². The van der Waals surface area contributed by atoms with Gasteiger partial charge < -0.3 is 14.6 Å². The van der Waals surface area contributed by atoms with Crippen molar-refractivity contribution >= 4 is 10.1 Å². The van der Waals surface area contributed by atoms with Crippen LogP contribution in [0.5, 0.6) is 0 Å². The van der Waals surface area contributed by atoms with Crippen molar-refractivity contribution in [3.63, 3.8) is 0 Å². The van der Waals surface area contributed by atoms with Crippen LogP contribution in [-0.4, -0.2) is 50.1 Å². The molecule has 1 N–H and O–H groups in total. The lowest BCUT2D eigenvalue weighted by Gasteiger charge is -2.30. The molecule has 0 unspecified atom stereocenters. The van der Waals surface area contributed by atoms with Gasteiger partial charge >= 0.3 is 15.6 Å². The van der Waals surface area contributed by atoms with Gasteiger partial charge in [-0.3, -0.25) is 4.18 Å². The van der Waals surface area contributed by atoms with Crippen LogP contribution in [0.4, 0.5) is 13.2 Å². The van der Waals surface area contributed by atoms with Crippen LogP contribution >= 0.6 is 0 Å². The number of alkyl halides is 3. The molecule has 26 heavy (non-hydrogen) atoms. The maximum atomic E-state index is 12.4. The largest absolute Gasteiger partial charge is 0.523 e. The summed E-state index contributed by atoms with van der Waals surface area (Å²) < 4.78 is 73.9. The van der Waals surface area contributed by atoms with Crippen LogP contribution in [0.3, 0.4) is 0 Å². The van der Waals surface area contributed by atoms with Crippen LogP contribution in [0.2, 0.25) is 0 Å². The number of hydrogen-bond donors (Lipinski definition) is 1. The van der Waals surface area contributed by atoms with Gasteiger partial charge in [-0.15, -0.1) is 0 Å². The van der Waals surface area contributed by atoms with Gasteiger partial charge in [0.25, 0.3) is 0 Å². The summed E-state index contributed by atoms with van der Waals surface area (Å²) in [6.45, 7) is 3.73. The highest BCUT2D eigenvalue weighted by Crippen LogP contribution is 2.25. The number of aliphatic hydroxyl groups excluding tert-OH is 1. The standard InChI is InChI=1S/C16H23F3O6S/c1-15(2,3)25-14(11-24-26(21,22)16(17,18)19)13(20)10-23-9-12-7-5-4-6-8-12/h4-8,13-14,20H,9-11H2,1-3H3/t13-,14-/m0/s1. The summed E-state index contributed by atoms with van der Waals surface area (Å²) in [5, 5.41) is 10.1. The molecule has 2 atom stereocenters. The highest BCUT2D eigenvalue weighted by Gasteiger charge is 2.48. The van der Waals surface area contributed by atoms with Crippen molar-refractivity contribution in [2.75, 3.05) is 13.2 Å². The second-order valence-electron chi connectivity index (χ2n) is 6.52. The molecule has 0 aromatic heterocycles. The summed E-state index contributed by atoms with van der Waals surface area (Å²) in [7, 11) is -5.78. The highest BCUT2D eigenvalue weighted by atomic mass is 32.2. The van der Waals surface area contributed by atoms with E-state index in [2.05, 4.69) is 4.18 Å². The van der Waals surface area contributed by atoms with Crippen LogP contribution in [0.15, 0.2) is 30.3 Å². The third-order valence-electron chi connectivity index (χ3n) is 3.01. The second-order valence-corrected chi connectivity index (χ2v) is 8.13. The van der Waals surface area contributed by atoms with E-state index in [0.29, 0.717) is 0 Å². The minimum Gasteiger partial charge on any atom is -0.388 e. The number of halogens is 3. The number of ether oxygens (including phenoxy) is 2. The molecule has 0 fully saturated rings. The molecule has 10 heteroatoms. The SMILES string of the molecule is CC(C)(C)O[C@@H](COS(=O)(=O)C(F)(F)F)[C@@H](O)COCc1ccccc1. The van der Waals surface area contributed by atoms with Crippen molar-refractivity contribution in [3.8, 4) is 0 Å². The van der Waals surface area contributed by atoms with E-state index in [1.807, 2.05) is 6.07 Å². The molecule has 150 valence electrons. The zero-order chi connectivity index (χ0) is 20.0. The molecule has 0 spiro atoms. The van der Waals surface area contributed by atoms with Crippen molar-refractivity contribution < 1.29 is 40.4 Å². The molecule has 1 aromatic carbocycles. The van der Waals surface area contributed by atoms with Crippen LogP contribution in [0.25, 0.3) is 0 Å². The van der Waals surface area contributed by atoms with E-state index in [4.69, 9.17) is 9.47 Å². The first kappa shape index (κ1) is 22.8. The first-order chi connectivity index (χ1) is 11.8. The van der Waals surface area contributed by atoms with Gasteiger partial charge in [-0.1, -0.05) is 30.3 Å². The molecule has 0 bridgehead atoms. The predicted octanol–water partition coefficient (Wildman–Crippen LogP) is 2.61.